The molecule has 0 amide bonds. The van der Waals surface area contributed by atoms with Crippen molar-refractivity contribution in [2.45, 2.75) is 69.5 Å². The molecule has 3 unspecified atom stereocenters. The van der Waals surface area contributed by atoms with Crippen molar-refractivity contribution in [3.05, 3.63) is 35.4 Å². The van der Waals surface area contributed by atoms with E-state index in [-0.39, 0.29) is 0 Å². The van der Waals surface area contributed by atoms with Crippen molar-refractivity contribution < 1.29 is 0 Å². The average molecular weight is 284 g/mol. The SMILES string of the molecule is c1ccc2c(c1)CCCCC2NC1CCN2CCCC2C1. The number of hydrogen-bond acceptors (Lipinski definition) is 2. The Balaban J connectivity index is 1.46. The molecular weight excluding hydrogens is 256 g/mol. The van der Waals surface area contributed by atoms with Gasteiger partial charge in [0.2, 0.25) is 0 Å². The lowest BCUT2D eigenvalue weighted by atomic mass is 9.93. The molecular formula is C19H28N2. The molecule has 1 aliphatic carbocycles. The van der Waals surface area contributed by atoms with Crippen LogP contribution in [0.3, 0.4) is 0 Å². The molecule has 4 rings (SSSR count). The topological polar surface area (TPSA) is 15.3 Å². The standard InChI is InChI=1S/C19H28N2/c1-3-9-18-15(6-1)7-2-4-10-19(18)20-16-11-13-21-12-5-8-17(21)14-16/h1,3,6,9,16-17,19-20H,2,4-5,7-8,10-14H2. The van der Waals surface area contributed by atoms with Crippen LogP contribution >= 0.6 is 0 Å². The molecule has 0 radical (unpaired) electrons. The molecule has 0 aromatic heterocycles. The van der Waals surface area contributed by atoms with Crippen LogP contribution in [0.5, 0.6) is 0 Å². The van der Waals surface area contributed by atoms with Crippen LogP contribution in [0, 0.1) is 0 Å². The van der Waals surface area contributed by atoms with Gasteiger partial charge in [0.05, 0.1) is 0 Å². The van der Waals surface area contributed by atoms with Crippen molar-refractivity contribution in [1.29, 1.82) is 0 Å². The zero-order valence-corrected chi connectivity index (χ0v) is 13.1. The smallest absolute Gasteiger partial charge is 0.0325 e. The van der Waals surface area contributed by atoms with Crippen LogP contribution in [0.1, 0.15) is 62.1 Å². The molecule has 2 aliphatic heterocycles. The average Bonchev–Trinajstić information content (AvgIpc) is 2.89. The quantitative estimate of drug-likeness (QED) is 0.834. The van der Waals surface area contributed by atoms with Gasteiger partial charge in [-0.1, -0.05) is 30.7 Å². The lowest BCUT2D eigenvalue weighted by Gasteiger charge is -2.37. The monoisotopic (exact) mass is 284 g/mol. The summed E-state index contributed by atoms with van der Waals surface area (Å²) in [5.74, 6) is 0. The molecule has 0 saturated carbocycles. The van der Waals surface area contributed by atoms with Crippen molar-refractivity contribution >= 4 is 0 Å². The van der Waals surface area contributed by atoms with Crippen LogP contribution < -0.4 is 5.32 Å². The maximum Gasteiger partial charge on any atom is 0.0325 e. The molecule has 114 valence electrons. The number of nitrogens with one attached hydrogen (secondary N) is 1. The number of benzene rings is 1. The van der Waals surface area contributed by atoms with Gasteiger partial charge in [-0.05, 0) is 69.2 Å². The van der Waals surface area contributed by atoms with Gasteiger partial charge >= 0.3 is 0 Å². The number of aryl methyl sites for hydroxylation is 1. The zero-order valence-electron chi connectivity index (χ0n) is 13.1. The maximum atomic E-state index is 4.04. The van der Waals surface area contributed by atoms with Crippen molar-refractivity contribution in [3.63, 3.8) is 0 Å². The van der Waals surface area contributed by atoms with E-state index in [1.54, 1.807) is 11.1 Å². The molecule has 21 heavy (non-hydrogen) atoms. The molecule has 2 saturated heterocycles. The second-order valence-corrected chi connectivity index (χ2v) is 7.22. The van der Waals surface area contributed by atoms with Gasteiger partial charge in [0.15, 0.2) is 0 Å². The molecule has 2 fully saturated rings. The molecule has 1 N–H and O–H groups in total. The predicted octanol–water partition coefficient (Wildman–Crippen LogP) is 3.67. The lowest BCUT2D eigenvalue weighted by Crippen LogP contribution is -2.46. The van der Waals surface area contributed by atoms with E-state index in [4.69, 9.17) is 0 Å². The van der Waals surface area contributed by atoms with E-state index >= 15 is 0 Å². The molecule has 1 aromatic rings. The van der Waals surface area contributed by atoms with Crippen LogP contribution in [0.15, 0.2) is 24.3 Å². The first-order valence-electron chi connectivity index (χ1n) is 8.98. The summed E-state index contributed by atoms with van der Waals surface area (Å²) < 4.78 is 0. The lowest BCUT2D eigenvalue weighted by molar-refractivity contribution is 0.159. The van der Waals surface area contributed by atoms with Gasteiger partial charge in [0.1, 0.15) is 0 Å². The Morgan fingerprint density at radius 3 is 2.90 bits per heavy atom. The van der Waals surface area contributed by atoms with Crippen LogP contribution in [0.4, 0.5) is 0 Å². The van der Waals surface area contributed by atoms with Crippen molar-refractivity contribution in [2.24, 2.45) is 0 Å². The molecule has 0 bridgehead atoms. The van der Waals surface area contributed by atoms with Crippen LogP contribution in [-0.4, -0.2) is 30.1 Å². The summed E-state index contributed by atoms with van der Waals surface area (Å²) in [6.07, 6.45) is 10.9. The normalized spacial score (nSPS) is 33.2. The fraction of sp³-hybridized carbons (Fsp3) is 0.684. The first-order chi connectivity index (χ1) is 10.4. The number of hydrogen-bond donors (Lipinski definition) is 1. The summed E-state index contributed by atoms with van der Waals surface area (Å²) in [6.45, 7) is 2.67. The Morgan fingerprint density at radius 2 is 1.90 bits per heavy atom. The highest BCUT2D eigenvalue weighted by Gasteiger charge is 2.32. The highest BCUT2D eigenvalue weighted by molar-refractivity contribution is 5.31. The molecule has 2 nitrogen and oxygen atoms in total. The number of fused-ring (bicyclic) bond motifs is 2. The van der Waals surface area contributed by atoms with E-state index in [1.165, 1.54) is 64.5 Å². The minimum Gasteiger partial charge on any atom is -0.307 e. The molecule has 2 heterocycles. The van der Waals surface area contributed by atoms with E-state index in [2.05, 4.69) is 34.5 Å². The second kappa shape index (κ2) is 6.10. The van der Waals surface area contributed by atoms with Gasteiger partial charge in [0, 0.05) is 18.1 Å². The maximum absolute atomic E-state index is 4.04. The molecule has 3 aliphatic rings. The third kappa shape index (κ3) is 2.89. The van der Waals surface area contributed by atoms with E-state index < -0.39 is 0 Å². The van der Waals surface area contributed by atoms with E-state index in [1.807, 2.05) is 0 Å². The van der Waals surface area contributed by atoms with Crippen LogP contribution in [0.25, 0.3) is 0 Å². The first kappa shape index (κ1) is 13.8. The third-order valence-electron chi connectivity index (χ3n) is 5.88. The summed E-state index contributed by atoms with van der Waals surface area (Å²) in [7, 11) is 0. The number of rotatable bonds is 2. The molecule has 0 spiro atoms. The van der Waals surface area contributed by atoms with Crippen molar-refractivity contribution in [1.82, 2.24) is 10.2 Å². The van der Waals surface area contributed by atoms with Gasteiger partial charge in [-0.3, -0.25) is 0 Å². The summed E-state index contributed by atoms with van der Waals surface area (Å²) in [6, 6.07) is 11.3. The molecule has 1 aromatic carbocycles. The van der Waals surface area contributed by atoms with Crippen LogP contribution in [0.2, 0.25) is 0 Å². The summed E-state index contributed by atoms with van der Waals surface area (Å²) in [5, 5.41) is 4.04. The Labute approximate surface area is 128 Å². The molecule has 3 atom stereocenters. The third-order valence-corrected chi connectivity index (χ3v) is 5.88. The summed E-state index contributed by atoms with van der Waals surface area (Å²) in [4.78, 5) is 2.72. The van der Waals surface area contributed by atoms with Gasteiger partial charge < -0.3 is 10.2 Å². The van der Waals surface area contributed by atoms with Crippen molar-refractivity contribution in [3.8, 4) is 0 Å². The van der Waals surface area contributed by atoms with E-state index in [0.717, 1.165) is 12.1 Å². The van der Waals surface area contributed by atoms with Gasteiger partial charge in [-0.15, -0.1) is 0 Å². The molecule has 2 heteroatoms. The summed E-state index contributed by atoms with van der Waals surface area (Å²) >= 11 is 0. The van der Waals surface area contributed by atoms with Crippen molar-refractivity contribution in [2.75, 3.05) is 13.1 Å². The minimum atomic E-state index is 0.599. The zero-order chi connectivity index (χ0) is 14.1. The van der Waals surface area contributed by atoms with Gasteiger partial charge in [0.25, 0.3) is 0 Å². The van der Waals surface area contributed by atoms with E-state index in [9.17, 15) is 0 Å². The van der Waals surface area contributed by atoms with E-state index in [0.29, 0.717) is 6.04 Å². The largest absolute Gasteiger partial charge is 0.307 e. The first-order valence-corrected chi connectivity index (χ1v) is 8.98. The minimum absolute atomic E-state index is 0.599. The number of nitrogens with zero attached hydrogens (tertiary/aromatic N) is 1. The Bertz CT molecular complexity index is 484. The Kier molecular flexibility index (Phi) is 4.00. The Morgan fingerprint density at radius 1 is 0.952 bits per heavy atom. The second-order valence-electron chi connectivity index (χ2n) is 7.22. The van der Waals surface area contributed by atoms with Gasteiger partial charge in [-0.2, -0.15) is 0 Å². The predicted molar refractivity (Wildman–Crippen MR) is 87.5 cm³/mol. The van der Waals surface area contributed by atoms with Gasteiger partial charge in [-0.25, -0.2) is 0 Å². The number of piperidine rings is 1. The highest BCUT2D eigenvalue weighted by atomic mass is 15.2. The highest BCUT2D eigenvalue weighted by Crippen LogP contribution is 2.32. The Hall–Kier alpha value is -0.860. The fourth-order valence-corrected chi connectivity index (χ4v) is 4.75. The summed E-state index contributed by atoms with van der Waals surface area (Å²) in [5.41, 5.74) is 3.18. The fourth-order valence-electron chi connectivity index (χ4n) is 4.75. The van der Waals surface area contributed by atoms with Crippen LogP contribution in [-0.2, 0) is 6.42 Å².